The van der Waals surface area contributed by atoms with E-state index in [1.807, 2.05) is 6.33 Å². The molecule has 1 unspecified atom stereocenters. The number of aryl methyl sites for hydroxylation is 3. The van der Waals surface area contributed by atoms with E-state index < -0.39 is 0 Å². The van der Waals surface area contributed by atoms with Crippen molar-refractivity contribution in [2.45, 2.75) is 59.5 Å². The van der Waals surface area contributed by atoms with E-state index in [0.29, 0.717) is 6.04 Å². The molecule has 0 spiro atoms. The van der Waals surface area contributed by atoms with Gasteiger partial charge in [0.2, 0.25) is 0 Å². The third-order valence-corrected chi connectivity index (χ3v) is 4.02. The second-order valence-electron chi connectivity index (χ2n) is 5.86. The Hall–Kier alpha value is -1.35. The molecular formula is C17H27N3. The minimum Gasteiger partial charge on any atom is -0.331 e. The standard InChI is InChI=1S/C17H27N3/c1-5-8-18-15(4)7-6-9-20-12-19-16-10-13(2)14(3)11-17(16)20/h10-12,15,18H,5-9H2,1-4H3. The lowest BCUT2D eigenvalue weighted by atomic mass is 10.1. The van der Waals surface area contributed by atoms with E-state index in [9.17, 15) is 0 Å². The van der Waals surface area contributed by atoms with Crippen LogP contribution >= 0.6 is 0 Å². The van der Waals surface area contributed by atoms with Gasteiger partial charge in [0, 0.05) is 12.6 Å². The van der Waals surface area contributed by atoms with E-state index in [0.717, 1.165) is 18.6 Å². The first-order valence-corrected chi connectivity index (χ1v) is 7.77. The Kier molecular flexibility index (Phi) is 5.18. The summed E-state index contributed by atoms with van der Waals surface area (Å²) in [6.07, 6.45) is 5.59. The van der Waals surface area contributed by atoms with Crippen LogP contribution in [0, 0.1) is 13.8 Å². The summed E-state index contributed by atoms with van der Waals surface area (Å²) in [4.78, 5) is 4.52. The second-order valence-corrected chi connectivity index (χ2v) is 5.86. The molecule has 1 atom stereocenters. The van der Waals surface area contributed by atoms with Crippen LogP contribution in [0.4, 0.5) is 0 Å². The average Bonchev–Trinajstić information content (AvgIpc) is 2.79. The van der Waals surface area contributed by atoms with E-state index in [4.69, 9.17) is 0 Å². The number of imidazole rings is 1. The van der Waals surface area contributed by atoms with Crippen molar-refractivity contribution < 1.29 is 0 Å². The molecule has 0 saturated heterocycles. The maximum absolute atomic E-state index is 4.52. The van der Waals surface area contributed by atoms with Crippen molar-refractivity contribution in [2.24, 2.45) is 0 Å². The van der Waals surface area contributed by atoms with Gasteiger partial charge in [-0.15, -0.1) is 0 Å². The largest absolute Gasteiger partial charge is 0.331 e. The van der Waals surface area contributed by atoms with Gasteiger partial charge >= 0.3 is 0 Å². The fraction of sp³-hybridized carbons (Fsp3) is 0.588. The molecule has 1 N–H and O–H groups in total. The quantitative estimate of drug-likeness (QED) is 0.831. The van der Waals surface area contributed by atoms with Crippen LogP contribution in [0.5, 0.6) is 0 Å². The van der Waals surface area contributed by atoms with Crippen LogP contribution in [0.25, 0.3) is 11.0 Å². The molecule has 0 amide bonds. The lowest BCUT2D eigenvalue weighted by molar-refractivity contribution is 0.478. The van der Waals surface area contributed by atoms with Gasteiger partial charge in [0.05, 0.1) is 17.4 Å². The van der Waals surface area contributed by atoms with Gasteiger partial charge in [-0.3, -0.25) is 0 Å². The maximum Gasteiger partial charge on any atom is 0.0958 e. The Morgan fingerprint density at radius 1 is 1.25 bits per heavy atom. The highest BCUT2D eigenvalue weighted by atomic mass is 15.0. The first kappa shape index (κ1) is 15.0. The maximum atomic E-state index is 4.52. The van der Waals surface area contributed by atoms with Gasteiger partial charge < -0.3 is 9.88 Å². The molecule has 1 aromatic carbocycles. The third-order valence-electron chi connectivity index (χ3n) is 4.02. The Bertz CT molecular complexity index is 557. The molecule has 2 aromatic rings. The van der Waals surface area contributed by atoms with Gasteiger partial charge in [0.1, 0.15) is 0 Å². The van der Waals surface area contributed by atoms with Crippen LogP contribution in [0.15, 0.2) is 18.5 Å². The summed E-state index contributed by atoms with van der Waals surface area (Å²) in [6.45, 7) is 11.0. The lowest BCUT2D eigenvalue weighted by Crippen LogP contribution is -2.26. The summed E-state index contributed by atoms with van der Waals surface area (Å²) in [7, 11) is 0. The number of nitrogens with one attached hydrogen (secondary N) is 1. The van der Waals surface area contributed by atoms with Crippen molar-refractivity contribution in [2.75, 3.05) is 6.54 Å². The van der Waals surface area contributed by atoms with Crippen LogP contribution in [-0.4, -0.2) is 22.1 Å². The molecule has 1 heterocycles. The summed E-state index contributed by atoms with van der Waals surface area (Å²) < 4.78 is 2.29. The van der Waals surface area contributed by atoms with Gasteiger partial charge in [-0.1, -0.05) is 6.92 Å². The molecule has 0 aliphatic heterocycles. The first-order valence-electron chi connectivity index (χ1n) is 7.77. The van der Waals surface area contributed by atoms with E-state index in [1.165, 1.54) is 35.9 Å². The molecule has 1 aromatic heterocycles. The molecule has 3 heteroatoms. The molecule has 0 saturated carbocycles. The van der Waals surface area contributed by atoms with Crippen molar-refractivity contribution >= 4 is 11.0 Å². The van der Waals surface area contributed by atoms with Crippen molar-refractivity contribution in [3.63, 3.8) is 0 Å². The molecule has 2 rings (SSSR count). The van der Waals surface area contributed by atoms with Crippen LogP contribution in [0.3, 0.4) is 0 Å². The summed E-state index contributed by atoms with van der Waals surface area (Å²) in [5.74, 6) is 0. The summed E-state index contributed by atoms with van der Waals surface area (Å²) in [6, 6.07) is 5.05. The SMILES string of the molecule is CCCNC(C)CCCn1cnc2cc(C)c(C)cc21. The molecule has 0 radical (unpaired) electrons. The zero-order valence-electron chi connectivity index (χ0n) is 13.2. The van der Waals surface area contributed by atoms with Crippen LogP contribution in [0.1, 0.15) is 44.2 Å². The lowest BCUT2D eigenvalue weighted by Gasteiger charge is -2.13. The van der Waals surface area contributed by atoms with Gasteiger partial charge in [0.15, 0.2) is 0 Å². The predicted molar refractivity (Wildman–Crippen MR) is 86.2 cm³/mol. The fourth-order valence-corrected chi connectivity index (χ4v) is 2.55. The molecule has 0 aliphatic rings. The first-order chi connectivity index (χ1) is 9.61. The molecule has 0 aliphatic carbocycles. The summed E-state index contributed by atoms with van der Waals surface area (Å²) in [5.41, 5.74) is 5.05. The van der Waals surface area contributed by atoms with Gasteiger partial charge in [-0.25, -0.2) is 4.98 Å². The van der Waals surface area contributed by atoms with Gasteiger partial charge in [-0.2, -0.15) is 0 Å². The number of fused-ring (bicyclic) bond motifs is 1. The van der Waals surface area contributed by atoms with E-state index in [-0.39, 0.29) is 0 Å². The normalized spacial score (nSPS) is 13.0. The van der Waals surface area contributed by atoms with Crippen LogP contribution < -0.4 is 5.32 Å². The molecular weight excluding hydrogens is 246 g/mol. The average molecular weight is 273 g/mol. The van der Waals surface area contributed by atoms with E-state index >= 15 is 0 Å². The molecule has 3 nitrogen and oxygen atoms in total. The number of nitrogens with zero attached hydrogens (tertiary/aromatic N) is 2. The predicted octanol–water partition coefficient (Wildman–Crippen LogP) is 3.82. The van der Waals surface area contributed by atoms with E-state index in [1.54, 1.807) is 0 Å². The Labute approximate surface area is 122 Å². The fourth-order valence-electron chi connectivity index (χ4n) is 2.55. The minimum atomic E-state index is 0.605. The highest BCUT2D eigenvalue weighted by molar-refractivity contribution is 5.77. The summed E-state index contributed by atoms with van der Waals surface area (Å²) >= 11 is 0. The highest BCUT2D eigenvalue weighted by Crippen LogP contribution is 2.18. The number of rotatable bonds is 7. The van der Waals surface area contributed by atoms with Gasteiger partial charge in [-0.05, 0) is 69.8 Å². The van der Waals surface area contributed by atoms with Gasteiger partial charge in [0.25, 0.3) is 0 Å². The monoisotopic (exact) mass is 273 g/mol. The smallest absolute Gasteiger partial charge is 0.0958 e. The van der Waals surface area contributed by atoms with Crippen molar-refractivity contribution in [1.29, 1.82) is 0 Å². The Morgan fingerprint density at radius 2 is 2.00 bits per heavy atom. The third kappa shape index (κ3) is 3.60. The Balaban J connectivity index is 1.95. The second kappa shape index (κ2) is 6.89. The molecule has 110 valence electrons. The zero-order chi connectivity index (χ0) is 14.5. The minimum absolute atomic E-state index is 0.605. The number of aromatic nitrogens is 2. The van der Waals surface area contributed by atoms with Crippen molar-refractivity contribution in [1.82, 2.24) is 14.9 Å². The van der Waals surface area contributed by atoms with Crippen LogP contribution in [-0.2, 0) is 6.54 Å². The molecule has 0 fully saturated rings. The van der Waals surface area contributed by atoms with Crippen molar-refractivity contribution in [3.8, 4) is 0 Å². The van der Waals surface area contributed by atoms with E-state index in [2.05, 4.69) is 54.7 Å². The number of hydrogen-bond donors (Lipinski definition) is 1. The number of hydrogen-bond acceptors (Lipinski definition) is 2. The number of benzene rings is 1. The molecule has 0 bridgehead atoms. The van der Waals surface area contributed by atoms with Crippen molar-refractivity contribution in [3.05, 3.63) is 29.6 Å². The molecule has 20 heavy (non-hydrogen) atoms. The Morgan fingerprint density at radius 3 is 2.75 bits per heavy atom. The topological polar surface area (TPSA) is 29.9 Å². The summed E-state index contributed by atoms with van der Waals surface area (Å²) in [5, 5.41) is 3.54. The van der Waals surface area contributed by atoms with Crippen LogP contribution in [0.2, 0.25) is 0 Å². The highest BCUT2D eigenvalue weighted by Gasteiger charge is 2.06. The zero-order valence-corrected chi connectivity index (χ0v) is 13.2.